The van der Waals surface area contributed by atoms with E-state index in [-0.39, 0.29) is 0 Å². The molecule has 0 heterocycles. The number of ether oxygens (including phenoxy) is 1. The van der Waals surface area contributed by atoms with Crippen molar-refractivity contribution in [2.75, 3.05) is 13.7 Å². The fourth-order valence-electron chi connectivity index (χ4n) is 2.31. The van der Waals surface area contributed by atoms with Crippen molar-refractivity contribution in [2.45, 2.75) is 5.41 Å². The maximum absolute atomic E-state index is 12.4. The SMILES string of the molecule is COC(=O)C(CO)(c1ccccc1)c1ccc(Cl)c(Cl)c1. The molecule has 1 atom stereocenters. The van der Waals surface area contributed by atoms with Crippen LogP contribution in [0.5, 0.6) is 0 Å². The fourth-order valence-corrected chi connectivity index (χ4v) is 2.61. The summed E-state index contributed by atoms with van der Waals surface area (Å²) in [5, 5.41) is 10.7. The van der Waals surface area contributed by atoms with Gasteiger partial charge in [0, 0.05) is 0 Å². The first-order chi connectivity index (χ1) is 10.1. The number of carbonyl (C=O) groups is 1. The highest BCUT2D eigenvalue weighted by Gasteiger charge is 2.43. The molecule has 2 aromatic carbocycles. The van der Waals surface area contributed by atoms with E-state index in [9.17, 15) is 9.90 Å². The van der Waals surface area contributed by atoms with Crippen molar-refractivity contribution in [3.8, 4) is 0 Å². The summed E-state index contributed by atoms with van der Waals surface area (Å²) in [6.07, 6.45) is 0. The molecule has 0 aliphatic rings. The number of esters is 1. The number of hydrogen-bond donors (Lipinski definition) is 1. The Morgan fingerprint density at radius 1 is 1.10 bits per heavy atom. The first kappa shape index (κ1) is 15.8. The van der Waals surface area contributed by atoms with Crippen LogP contribution in [-0.2, 0) is 14.9 Å². The average molecular weight is 325 g/mol. The molecule has 0 aromatic heterocycles. The highest BCUT2D eigenvalue weighted by Crippen LogP contribution is 2.36. The highest BCUT2D eigenvalue weighted by atomic mass is 35.5. The van der Waals surface area contributed by atoms with Gasteiger partial charge in [0.1, 0.15) is 5.41 Å². The van der Waals surface area contributed by atoms with Gasteiger partial charge in [-0.05, 0) is 23.3 Å². The van der Waals surface area contributed by atoms with Crippen molar-refractivity contribution in [2.24, 2.45) is 0 Å². The van der Waals surface area contributed by atoms with Gasteiger partial charge in [0.2, 0.25) is 0 Å². The van der Waals surface area contributed by atoms with Crippen LogP contribution in [0.1, 0.15) is 11.1 Å². The van der Waals surface area contributed by atoms with Crippen molar-refractivity contribution in [3.05, 3.63) is 69.7 Å². The number of aliphatic hydroxyl groups excluding tert-OH is 1. The molecule has 3 nitrogen and oxygen atoms in total. The predicted octanol–water partition coefficient (Wildman–Crippen LogP) is 3.44. The maximum atomic E-state index is 12.4. The van der Waals surface area contributed by atoms with Crippen molar-refractivity contribution in [1.29, 1.82) is 0 Å². The third-order valence-corrected chi connectivity index (χ3v) is 4.19. The minimum absolute atomic E-state index is 0.312. The van der Waals surface area contributed by atoms with Gasteiger partial charge in [-0.2, -0.15) is 0 Å². The molecule has 0 saturated heterocycles. The summed E-state index contributed by atoms with van der Waals surface area (Å²) in [5.74, 6) is -0.561. The Morgan fingerprint density at radius 2 is 1.76 bits per heavy atom. The number of halogens is 2. The minimum Gasteiger partial charge on any atom is -0.468 e. The summed E-state index contributed by atoms with van der Waals surface area (Å²) < 4.78 is 4.91. The average Bonchev–Trinajstić information content (AvgIpc) is 2.52. The highest BCUT2D eigenvalue weighted by molar-refractivity contribution is 6.42. The Balaban J connectivity index is 2.71. The Hall–Kier alpha value is -1.55. The zero-order valence-corrected chi connectivity index (χ0v) is 12.9. The first-order valence-corrected chi connectivity index (χ1v) is 7.02. The molecule has 21 heavy (non-hydrogen) atoms. The fraction of sp³-hybridized carbons (Fsp3) is 0.188. The molecule has 0 radical (unpaired) electrons. The molecule has 5 heteroatoms. The summed E-state index contributed by atoms with van der Waals surface area (Å²) in [7, 11) is 1.28. The van der Waals surface area contributed by atoms with Crippen LogP contribution in [0.25, 0.3) is 0 Å². The van der Waals surface area contributed by atoms with E-state index >= 15 is 0 Å². The lowest BCUT2D eigenvalue weighted by Crippen LogP contribution is -2.41. The van der Waals surface area contributed by atoms with E-state index in [0.29, 0.717) is 21.2 Å². The molecule has 2 aromatic rings. The molecule has 0 aliphatic heterocycles. The van der Waals surface area contributed by atoms with Crippen molar-refractivity contribution >= 4 is 29.2 Å². The van der Waals surface area contributed by atoms with Crippen LogP contribution in [0.3, 0.4) is 0 Å². The molecule has 1 N–H and O–H groups in total. The zero-order chi connectivity index (χ0) is 15.5. The lowest BCUT2D eigenvalue weighted by Gasteiger charge is -2.30. The van der Waals surface area contributed by atoms with Gasteiger partial charge in [-0.3, -0.25) is 4.79 Å². The Labute approximate surface area is 133 Å². The van der Waals surface area contributed by atoms with Gasteiger partial charge in [0.15, 0.2) is 0 Å². The molecular formula is C16H14Cl2O3. The summed E-state index contributed by atoms with van der Waals surface area (Å²) >= 11 is 12.0. The van der Waals surface area contributed by atoms with Crippen LogP contribution in [0.2, 0.25) is 10.0 Å². The summed E-state index contributed by atoms with van der Waals surface area (Å²) in [4.78, 5) is 12.4. The molecule has 0 spiro atoms. The van der Waals surface area contributed by atoms with Gasteiger partial charge in [0.25, 0.3) is 0 Å². The molecular weight excluding hydrogens is 311 g/mol. The standard InChI is InChI=1S/C16H14Cl2O3/c1-21-15(20)16(10-19,11-5-3-2-4-6-11)12-7-8-13(17)14(18)9-12/h2-9,19H,10H2,1H3. The summed E-state index contributed by atoms with van der Waals surface area (Å²) in [6.45, 7) is -0.443. The van der Waals surface area contributed by atoms with Crippen LogP contribution in [-0.4, -0.2) is 24.8 Å². The van der Waals surface area contributed by atoms with Gasteiger partial charge in [-0.1, -0.05) is 59.6 Å². The molecule has 0 fully saturated rings. The molecule has 0 bridgehead atoms. The van der Waals surface area contributed by atoms with E-state index < -0.39 is 18.0 Å². The Bertz CT molecular complexity index is 643. The molecule has 2 rings (SSSR count). The van der Waals surface area contributed by atoms with E-state index in [4.69, 9.17) is 27.9 Å². The normalized spacial score (nSPS) is 13.5. The Morgan fingerprint density at radius 3 is 2.29 bits per heavy atom. The van der Waals surface area contributed by atoms with Gasteiger partial charge < -0.3 is 9.84 Å². The maximum Gasteiger partial charge on any atom is 0.323 e. The molecule has 0 saturated carbocycles. The van der Waals surface area contributed by atoms with Crippen LogP contribution < -0.4 is 0 Å². The number of hydrogen-bond acceptors (Lipinski definition) is 3. The molecule has 110 valence electrons. The second kappa shape index (κ2) is 6.48. The second-order valence-corrected chi connectivity index (χ2v) is 5.36. The van der Waals surface area contributed by atoms with E-state index in [2.05, 4.69) is 0 Å². The van der Waals surface area contributed by atoms with E-state index in [0.717, 1.165) is 0 Å². The van der Waals surface area contributed by atoms with Gasteiger partial charge in [-0.25, -0.2) is 0 Å². The lowest BCUT2D eigenvalue weighted by atomic mass is 9.75. The molecule has 0 amide bonds. The third kappa shape index (κ3) is 2.77. The van der Waals surface area contributed by atoms with Crippen LogP contribution in [0, 0.1) is 0 Å². The smallest absolute Gasteiger partial charge is 0.323 e. The monoisotopic (exact) mass is 324 g/mol. The van der Waals surface area contributed by atoms with Crippen LogP contribution >= 0.6 is 23.2 Å². The topological polar surface area (TPSA) is 46.5 Å². The zero-order valence-electron chi connectivity index (χ0n) is 11.3. The van der Waals surface area contributed by atoms with Crippen molar-refractivity contribution in [1.82, 2.24) is 0 Å². The molecule has 1 unspecified atom stereocenters. The summed E-state index contributed by atoms with van der Waals surface area (Å²) in [6, 6.07) is 13.8. The van der Waals surface area contributed by atoms with Crippen LogP contribution in [0.15, 0.2) is 48.5 Å². The third-order valence-electron chi connectivity index (χ3n) is 3.45. The quantitative estimate of drug-likeness (QED) is 0.876. The molecule has 0 aliphatic carbocycles. The van der Waals surface area contributed by atoms with Crippen molar-refractivity contribution in [3.63, 3.8) is 0 Å². The van der Waals surface area contributed by atoms with E-state index in [1.54, 1.807) is 42.5 Å². The van der Waals surface area contributed by atoms with Gasteiger partial charge in [-0.15, -0.1) is 0 Å². The minimum atomic E-state index is -1.33. The number of rotatable bonds is 4. The van der Waals surface area contributed by atoms with Crippen LogP contribution in [0.4, 0.5) is 0 Å². The number of methoxy groups -OCH3 is 1. The Kier molecular flexibility index (Phi) is 4.88. The number of aliphatic hydroxyl groups is 1. The second-order valence-electron chi connectivity index (χ2n) is 4.55. The number of benzene rings is 2. The van der Waals surface area contributed by atoms with Crippen molar-refractivity contribution < 1.29 is 14.6 Å². The predicted molar refractivity (Wildman–Crippen MR) is 82.8 cm³/mol. The summed E-state index contributed by atoms with van der Waals surface area (Å²) in [5.41, 5.74) is -0.181. The van der Waals surface area contributed by atoms with E-state index in [1.165, 1.54) is 7.11 Å². The first-order valence-electron chi connectivity index (χ1n) is 6.26. The van der Waals surface area contributed by atoms with Gasteiger partial charge in [0.05, 0.1) is 23.8 Å². The van der Waals surface area contributed by atoms with E-state index in [1.807, 2.05) is 6.07 Å². The number of carbonyl (C=O) groups excluding carboxylic acids is 1. The lowest BCUT2D eigenvalue weighted by molar-refractivity contribution is -0.147. The largest absolute Gasteiger partial charge is 0.468 e. The van der Waals surface area contributed by atoms with Gasteiger partial charge >= 0.3 is 5.97 Å².